The zero-order valence-electron chi connectivity index (χ0n) is 19.0. The lowest BCUT2D eigenvalue weighted by Gasteiger charge is -2.34. The van der Waals surface area contributed by atoms with Gasteiger partial charge in [0.15, 0.2) is 10.9 Å². The van der Waals surface area contributed by atoms with Crippen LogP contribution in [0.1, 0.15) is 27.7 Å². The number of morpholine rings is 1. The van der Waals surface area contributed by atoms with Gasteiger partial charge in [-0.1, -0.05) is 42.1 Å². The minimum atomic E-state index is -0.287. The fourth-order valence-electron chi connectivity index (χ4n) is 4.22. The van der Waals surface area contributed by atoms with Gasteiger partial charge in [-0.2, -0.15) is 0 Å². The third kappa shape index (κ3) is 5.53. The van der Waals surface area contributed by atoms with Gasteiger partial charge >= 0.3 is 0 Å². The molecule has 0 bridgehead atoms. The van der Waals surface area contributed by atoms with E-state index >= 15 is 0 Å². The number of carbonyl (C=O) groups is 1. The Morgan fingerprint density at radius 2 is 1.80 bits per heavy atom. The first-order valence-electron chi connectivity index (χ1n) is 11.4. The van der Waals surface area contributed by atoms with Gasteiger partial charge in [-0.3, -0.25) is 9.69 Å². The molecule has 1 aliphatic rings. The number of nitrogens with zero attached hydrogens (tertiary/aromatic N) is 3. The lowest BCUT2D eigenvalue weighted by atomic mass is 10.0. The quantitative estimate of drug-likeness (QED) is 0.287. The predicted molar refractivity (Wildman–Crippen MR) is 132 cm³/mol. The molecule has 1 aliphatic heterocycles. The Labute approximate surface area is 206 Å². The van der Waals surface area contributed by atoms with Crippen LogP contribution in [0.2, 0.25) is 0 Å². The number of nitrogens with one attached hydrogen (secondary N) is 1. The summed E-state index contributed by atoms with van der Waals surface area (Å²) >= 11 is 1.45. The van der Waals surface area contributed by atoms with Crippen molar-refractivity contribution in [2.24, 2.45) is 0 Å². The Balaban J connectivity index is 1.37. The van der Waals surface area contributed by atoms with Crippen molar-refractivity contribution in [3.63, 3.8) is 0 Å². The first-order valence-corrected chi connectivity index (χ1v) is 12.4. The number of thioether (sulfide) groups is 1. The van der Waals surface area contributed by atoms with Gasteiger partial charge < -0.3 is 14.5 Å². The molecule has 1 atom stereocenters. The maximum atomic E-state index is 13.5. The Hall–Kier alpha value is -3.27. The summed E-state index contributed by atoms with van der Waals surface area (Å²) in [5.74, 6) is 0.209. The van der Waals surface area contributed by atoms with Crippen LogP contribution in [0.25, 0.3) is 11.0 Å². The molecule has 180 valence electrons. The van der Waals surface area contributed by atoms with Crippen molar-refractivity contribution in [2.45, 2.75) is 17.0 Å². The van der Waals surface area contributed by atoms with Gasteiger partial charge in [0.25, 0.3) is 5.91 Å². The van der Waals surface area contributed by atoms with Crippen LogP contribution in [0.15, 0.2) is 76.6 Å². The smallest absolute Gasteiger partial charge is 0.287 e. The summed E-state index contributed by atoms with van der Waals surface area (Å²) in [4.78, 5) is 24.1. The fraction of sp³-hybridized carbons (Fsp3) is 0.269. The van der Waals surface area contributed by atoms with Gasteiger partial charge in [-0.25, -0.2) is 14.4 Å². The molecule has 5 rings (SSSR count). The first kappa shape index (κ1) is 23.5. The number of benzene rings is 2. The molecule has 0 radical (unpaired) electrons. The molecule has 1 N–H and O–H groups in total. The zero-order valence-corrected chi connectivity index (χ0v) is 19.8. The second-order valence-corrected chi connectivity index (χ2v) is 9.09. The third-order valence-corrected chi connectivity index (χ3v) is 6.89. The van der Waals surface area contributed by atoms with Gasteiger partial charge in [0, 0.05) is 48.7 Å². The van der Waals surface area contributed by atoms with Crippen molar-refractivity contribution in [1.29, 1.82) is 0 Å². The molecule has 2 aromatic carbocycles. The van der Waals surface area contributed by atoms with E-state index in [4.69, 9.17) is 9.15 Å². The van der Waals surface area contributed by atoms with Crippen molar-refractivity contribution in [3.8, 4) is 0 Å². The molecule has 0 spiro atoms. The van der Waals surface area contributed by atoms with E-state index in [1.165, 1.54) is 23.9 Å². The molecule has 9 heteroatoms. The average Bonchev–Trinajstić information content (AvgIpc) is 3.28. The largest absolute Gasteiger partial charge is 0.451 e. The number of amides is 1. The van der Waals surface area contributed by atoms with Crippen LogP contribution in [0.4, 0.5) is 4.39 Å². The lowest BCUT2D eigenvalue weighted by Crippen LogP contribution is -2.43. The van der Waals surface area contributed by atoms with Crippen LogP contribution >= 0.6 is 11.8 Å². The molecular formula is C26H25FN4O3S. The van der Waals surface area contributed by atoms with Crippen molar-refractivity contribution < 1.29 is 18.3 Å². The minimum absolute atomic E-state index is 0.108. The Morgan fingerprint density at radius 3 is 2.57 bits per heavy atom. The van der Waals surface area contributed by atoms with Crippen molar-refractivity contribution in [2.75, 3.05) is 32.8 Å². The van der Waals surface area contributed by atoms with E-state index in [2.05, 4.69) is 20.2 Å². The normalized spacial score (nSPS) is 15.2. The summed E-state index contributed by atoms with van der Waals surface area (Å²) < 4.78 is 25.0. The van der Waals surface area contributed by atoms with Crippen molar-refractivity contribution in [3.05, 3.63) is 89.7 Å². The Kier molecular flexibility index (Phi) is 7.37. The van der Waals surface area contributed by atoms with E-state index in [1.54, 1.807) is 30.6 Å². The van der Waals surface area contributed by atoms with E-state index in [1.807, 2.05) is 24.3 Å². The molecule has 7 nitrogen and oxygen atoms in total. The van der Waals surface area contributed by atoms with E-state index in [9.17, 15) is 9.18 Å². The number of halogens is 1. The number of rotatable bonds is 8. The predicted octanol–water partition coefficient (Wildman–Crippen LogP) is 4.46. The molecule has 2 aromatic heterocycles. The number of para-hydroxylation sites is 1. The number of hydrogen-bond donors (Lipinski definition) is 1. The molecule has 3 heterocycles. The van der Waals surface area contributed by atoms with Gasteiger partial charge in [-0.15, -0.1) is 0 Å². The van der Waals surface area contributed by atoms with Crippen LogP contribution in [0.3, 0.4) is 0 Å². The molecule has 4 aromatic rings. The third-order valence-electron chi connectivity index (χ3n) is 5.99. The van der Waals surface area contributed by atoms with Crippen LogP contribution in [0.5, 0.6) is 0 Å². The molecular weight excluding hydrogens is 467 g/mol. The summed E-state index contributed by atoms with van der Waals surface area (Å²) in [5.41, 5.74) is 2.40. The van der Waals surface area contributed by atoms with E-state index in [0.717, 1.165) is 29.6 Å². The number of fused-ring (bicyclic) bond motifs is 1. The van der Waals surface area contributed by atoms with Crippen molar-refractivity contribution >= 4 is 28.6 Å². The summed E-state index contributed by atoms with van der Waals surface area (Å²) in [5, 5.41) is 4.58. The van der Waals surface area contributed by atoms with Gasteiger partial charge in [-0.05, 0) is 29.8 Å². The number of hydrogen-bond acceptors (Lipinski definition) is 7. The SMILES string of the molecule is O=C(NCC(c1ccc(F)cc1)N1CCOCC1)c1oc2ccccc2c1CSc1ncccn1. The lowest BCUT2D eigenvalue weighted by molar-refractivity contribution is 0.0161. The maximum absolute atomic E-state index is 13.5. The molecule has 0 saturated carbocycles. The topological polar surface area (TPSA) is 80.5 Å². The highest BCUT2D eigenvalue weighted by atomic mass is 32.2. The molecule has 1 fully saturated rings. The minimum Gasteiger partial charge on any atom is -0.451 e. The molecule has 1 unspecified atom stereocenters. The highest BCUT2D eigenvalue weighted by molar-refractivity contribution is 7.98. The maximum Gasteiger partial charge on any atom is 0.287 e. The Morgan fingerprint density at radius 1 is 1.06 bits per heavy atom. The highest BCUT2D eigenvalue weighted by Gasteiger charge is 2.26. The van der Waals surface area contributed by atoms with Crippen LogP contribution in [0, 0.1) is 5.82 Å². The summed E-state index contributed by atoms with van der Waals surface area (Å²) in [7, 11) is 0. The summed E-state index contributed by atoms with van der Waals surface area (Å²) in [6.07, 6.45) is 3.38. The van der Waals surface area contributed by atoms with E-state index < -0.39 is 0 Å². The van der Waals surface area contributed by atoms with Gasteiger partial charge in [0.2, 0.25) is 0 Å². The number of aromatic nitrogens is 2. The fourth-order valence-corrected chi connectivity index (χ4v) is 5.05. The monoisotopic (exact) mass is 492 g/mol. The first-order chi connectivity index (χ1) is 17.2. The molecule has 1 saturated heterocycles. The molecule has 1 amide bonds. The zero-order chi connectivity index (χ0) is 24.0. The Bertz CT molecular complexity index is 1280. The van der Waals surface area contributed by atoms with Gasteiger partial charge in [0.1, 0.15) is 11.4 Å². The highest BCUT2D eigenvalue weighted by Crippen LogP contribution is 2.31. The molecule has 0 aliphatic carbocycles. The van der Waals surface area contributed by atoms with E-state index in [0.29, 0.717) is 36.3 Å². The van der Waals surface area contributed by atoms with Crippen LogP contribution in [-0.4, -0.2) is 53.6 Å². The second-order valence-electron chi connectivity index (χ2n) is 8.15. The van der Waals surface area contributed by atoms with E-state index in [-0.39, 0.29) is 23.5 Å². The summed E-state index contributed by atoms with van der Waals surface area (Å²) in [6, 6.07) is 15.7. The van der Waals surface area contributed by atoms with Gasteiger partial charge in [0.05, 0.1) is 19.3 Å². The molecule has 35 heavy (non-hydrogen) atoms. The second kappa shape index (κ2) is 11.0. The van der Waals surface area contributed by atoms with Crippen LogP contribution in [-0.2, 0) is 10.5 Å². The van der Waals surface area contributed by atoms with Crippen molar-refractivity contribution in [1.82, 2.24) is 20.2 Å². The standard InChI is InChI=1S/C26H25FN4O3S/c27-19-8-6-18(7-9-19)22(31-12-14-33-15-13-31)16-30-25(32)24-21(17-35-26-28-10-3-11-29-26)20-4-1-2-5-23(20)34-24/h1-11,22H,12-17H2,(H,30,32). The number of carbonyl (C=O) groups excluding carboxylic acids is 1. The average molecular weight is 493 g/mol. The summed E-state index contributed by atoms with van der Waals surface area (Å²) in [6.45, 7) is 3.08. The number of furan rings is 1. The van der Waals surface area contributed by atoms with Crippen LogP contribution < -0.4 is 5.32 Å². The number of ether oxygens (including phenoxy) is 1.